The molecule has 0 aliphatic carbocycles. The lowest BCUT2D eigenvalue weighted by Crippen LogP contribution is -2.49. The molecule has 6 nitrogen and oxygen atoms in total. The van der Waals surface area contributed by atoms with Crippen LogP contribution in [0.25, 0.3) is 0 Å². The van der Waals surface area contributed by atoms with Gasteiger partial charge < -0.3 is 15.5 Å². The van der Waals surface area contributed by atoms with Crippen molar-refractivity contribution in [3.63, 3.8) is 0 Å². The van der Waals surface area contributed by atoms with Gasteiger partial charge in [-0.3, -0.25) is 9.69 Å². The van der Waals surface area contributed by atoms with Gasteiger partial charge in [0.05, 0.1) is 0 Å². The molecule has 1 aliphatic heterocycles. The minimum atomic E-state index is 0. The minimum absolute atomic E-state index is 0. The Bertz CT molecular complexity index is 648. The number of guanidine groups is 1. The number of aliphatic imine (C=N–C) groups is 1. The van der Waals surface area contributed by atoms with E-state index in [0.29, 0.717) is 6.04 Å². The lowest BCUT2D eigenvalue weighted by molar-refractivity contribution is -0.127. The second-order valence-corrected chi connectivity index (χ2v) is 8.57. The summed E-state index contributed by atoms with van der Waals surface area (Å²) in [4.78, 5) is 20.5. The monoisotopic (exact) mass is 545 g/mol. The average Bonchev–Trinajstić information content (AvgIpc) is 2.73. The molecule has 0 spiro atoms. The van der Waals surface area contributed by atoms with E-state index in [-0.39, 0.29) is 36.4 Å². The third-order valence-electron chi connectivity index (χ3n) is 4.82. The summed E-state index contributed by atoms with van der Waals surface area (Å²) in [5.74, 6) is 2.66. The van der Waals surface area contributed by atoms with E-state index in [0.717, 1.165) is 56.5 Å². The fourth-order valence-electron chi connectivity index (χ4n) is 3.12. The third kappa shape index (κ3) is 10.7. The molecule has 0 bridgehead atoms. The molecular weight excluding hydrogens is 509 g/mol. The van der Waals surface area contributed by atoms with Crippen molar-refractivity contribution in [3.8, 4) is 0 Å². The van der Waals surface area contributed by atoms with Crippen LogP contribution in [0, 0.1) is 0 Å². The van der Waals surface area contributed by atoms with Crippen LogP contribution in [0.4, 0.5) is 0 Å². The number of amides is 1. The molecule has 1 heterocycles. The van der Waals surface area contributed by atoms with Gasteiger partial charge in [-0.05, 0) is 18.4 Å². The zero-order valence-electron chi connectivity index (χ0n) is 18.2. The maximum Gasteiger partial charge on any atom is 0.243 e. The van der Waals surface area contributed by atoms with Crippen LogP contribution in [0.15, 0.2) is 48.0 Å². The Balaban J connectivity index is 0.00000450. The maximum atomic E-state index is 11.9. The summed E-state index contributed by atoms with van der Waals surface area (Å²) in [5.41, 5.74) is 1.36. The van der Waals surface area contributed by atoms with Crippen molar-refractivity contribution in [2.45, 2.75) is 25.4 Å². The molecule has 30 heavy (non-hydrogen) atoms. The van der Waals surface area contributed by atoms with Gasteiger partial charge in [-0.2, -0.15) is 11.8 Å². The number of benzene rings is 1. The number of halogens is 1. The second kappa shape index (κ2) is 15.5. The van der Waals surface area contributed by atoms with Crippen molar-refractivity contribution < 1.29 is 4.79 Å². The zero-order valence-corrected chi connectivity index (χ0v) is 21.3. The van der Waals surface area contributed by atoms with E-state index in [9.17, 15) is 4.79 Å². The SMILES string of the molecule is C=CCSCCNC(=NCC(=O)N(C)C)NC1CCN(Cc2ccccc2)CC1.I. The number of carbonyl (C=O) groups is 1. The number of piperidine rings is 1. The van der Waals surface area contributed by atoms with Crippen molar-refractivity contribution in [1.82, 2.24) is 20.4 Å². The van der Waals surface area contributed by atoms with Crippen LogP contribution in [-0.2, 0) is 11.3 Å². The summed E-state index contributed by atoms with van der Waals surface area (Å²) < 4.78 is 0. The molecule has 0 unspecified atom stereocenters. The smallest absolute Gasteiger partial charge is 0.243 e. The maximum absolute atomic E-state index is 11.9. The molecule has 1 saturated heterocycles. The quantitative estimate of drug-likeness (QED) is 0.156. The topological polar surface area (TPSA) is 60.0 Å². The Hall–Kier alpha value is -1.26. The van der Waals surface area contributed by atoms with E-state index in [1.807, 2.05) is 17.8 Å². The molecule has 0 aromatic heterocycles. The standard InChI is InChI=1S/C22H35N5OS.HI/c1-4-15-29-16-12-23-22(24-17-21(28)26(2)3)25-20-10-13-27(14-11-20)18-19-8-6-5-7-9-19;/h4-9,20H,1,10-18H2,2-3H3,(H2,23,24,25);1H. The van der Waals surface area contributed by atoms with Crippen LogP contribution >= 0.6 is 35.7 Å². The average molecular weight is 546 g/mol. The van der Waals surface area contributed by atoms with Crippen LogP contribution in [0.1, 0.15) is 18.4 Å². The van der Waals surface area contributed by atoms with Gasteiger partial charge in [-0.25, -0.2) is 4.99 Å². The number of nitrogens with zero attached hydrogens (tertiary/aromatic N) is 3. The van der Waals surface area contributed by atoms with Crippen LogP contribution < -0.4 is 10.6 Å². The van der Waals surface area contributed by atoms with Crippen LogP contribution in [0.3, 0.4) is 0 Å². The van der Waals surface area contributed by atoms with Crippen molar-refractivity contribution >= 4 is 47.6 Å². The highest BCUT2D eigenvalue weighted by Gasteiger charge is 2.20. The number of likely N-dealkylation sites (N-methyl/N-ethyl adjacent to an activating group) is 1. The first kappa shape index (κ1) is 26.8. The summed E-state index contributed by atoms with van der Waals surface area (Å²) >= 11 is 1.83. The number of carbonyl (C=O) groups excluding carboxylic acids is 1. The predicted molar refractivity (Wildman–Crippen MR) is 140 cm³/mol. The Morgan fingerprint density at radius 1 is 1.30 bits per heavy atom. The van der Waals surface area contributed by atoms with E-state index in [1.165, 1.54) is 5.56 Å². The number of hydrogen-bond donors (Lipinski definition) is 2. The molecule has 2 N–H and O–H groups in total. The first-order chi connectivity index (χ1) is 14.1. The summed E-state index contributed by atoms with van der Waals surface area (Å²) in [6.45, 7) is 7.85. The molecular formula is C22H36IN5OS. The van der Waals surface area contributed by atoms with E-state index in [4.69, 9.17) is 0 Å². The highest BCUT2D eigenvalue weighted by atomic mass is 127. The molecule has 168 valence electrons. The molecule has 0 radical (unpaired) electrons. The minimum Gasteiger partial charge on any atom is -0.356 e. The lowest BCUT2D eigenvalue weighted by atomic mass is 10.0. The van der Waals surface area contributed by atoms with Crippen LogP contribution in [0.5, 0.6) is 0 Å². The number of hydrogen-bond acceptors (Lipinski definition) is 4. The lowest BCUT2D eigenvalue weighted by Gasteiger charge is -2.33. The van der Waals surface area contributed by atoms with E-state index in [2.05, 4.69) is 57.4 Å². The molecule has 1 amide bonds. The Morgan fingerprint density at radius 3 is 2.63 bits per heavy atom. The predicted octanol–water partition coefficient (Wildman–Crippen LogP) is 2.81. The fraction of sp³-hybridized carbons (Fsp3) is 0.545. The van der Waals surface area contributed by atoms with Gasteiger partial charge in [0.2, 0.25) is 5.91 Å². The zero-order chi connectivity index (χ0) is 20.9. The van der Waals surface area contributed by atoms with Gasteiger partial charge >= 0.3 is 0 Å². The summed E-state index contributed by atoms with van der Waals surface area (Å²) in [6.07, 6.45) is 4.05. The van der Waals surface area contributed by atoms with Gasteiger partial charge in [0.1, 0.15) is 6.54 Å². The van der Waals surface area contributed by atoms with Crippen molar-refractivity contribution in [1.29, 1.82) is 0 Å². The molecule has 8 heteroatoms. The highest BCUT2D eigenvalue weighted by molar-refractivity contribution is 14.0. The first-order valence-corrected chi connectivity index (χ1v) is 11.4. The fourth-order valence-corrected chi connectivity index (χ4v) is 3.70. The summed E-state index contributed by atoms with van der Waals surface area (Å²) in [7, 11) is 3.51. The second-order valence-electron chi connectivity index (χ2n) is 7.42. The molecule has 1 aliphatic rings. The number of likely N-dealkylation sites (tertiary alicyclic amines) is 1. The third-order valence-corrected chi connectivity index (χ3v) is 5.79. The Morgan fingerprint density at radius 2 is 2.00 bits per heavy atom. The van der Waals surface area contributed by atoms with Gasteiger partial charge in [0.25, 0.3) is 0 Å². The summed E-state index contributed by atoms with van der Waals surface area (Å²) in [6, 6.07) is 11.0. The largest absolute Gasteiger partial charge is 0.356 e. The molecule has 0 atom stereocenters. The van der Waals surface area contributed by atoms with Gasteiger partial charge in [-0.1, -0.05) is 36.4 Å². The van der Waals surface area contributed by atoms with Crippen LogP contribution in [0.2, 0.25) is 0 Å². The van der Waals surface area contributed by atoms with Crippen molar-refractivity contribution in [2.75, 3.05) is 51.8 Å². The Kier molecular flexibility index (Phi) is 13.9. The highest BCUT2D eigenvalue weighted by Crippen LogP contribution is 2.13. The molecule has 1 aromatic carbocycles. The molecule has 2 rings (SSSR count). The number of thioether (sulfide) groups is 1. The number of nitrogens with one attached hydrogen (secondary N) is 2. The van der Waals surface area contributed by atoms with E-state index in [1.54, 1.807) is 19.0 Å². The van der Waals surface area contributed by atoms with Gasteiger partial charge in [0.15, 0.2) is 5.96 Å². The molecule has 0 saturated carbocycles. The van der Waals surface area contributed by atoms with Crippen molar-refractivity contribution in [3.05, 3.63) is 48.6 Å². The molecule has 1 fully saturated rings. The van der Waals surface area contributed by atoms with E-state index < -0.39 is 0 Å². The number of rotatable bonds is 10. The van der Waals surface area contributed by atoms with Crippen LogP contribution in [-0.4, -0.2) is 79.5 Å². The Labute approximate surface area is 203 Å². The molecule has 1 aromatic rings. The normalized spacial score (nSPS) is 15.2. The van der Waals surface area contributed by atoms with E-state index >= 15 is 0 Å². The summed E-state index contributed by atoms with van der Waals surface area (Å²) in [5, 5.41) is 6.91. The van der Waals surface area contributed by atoms with Crippen molar-refractivity contribution in [2.24, 2.45) is 4.99 Å². The van der Waals surface area contributed by atoms with Gasteiger partial charge in [0, 0.05) is 57.8 Å². The first-order valence-electron chi connectivity index (χ1n) is 10.3. The van der Waals surface area contributed by atoms with Gasteiger partial charge in [-0.15, -0.1) is 30.6 Å².